The minimum Gasteiger partial charge on any atom is -0.341 e. The predicted molar refractivity (Wildman–Crippen MR) is 130 cm³/mol. The summed E-state index contributed by atoms with van der Waals surface area (Å²) in [4.78, 5) is 15.2. The highest BCUT2D eigenvalue weighted by atomic mass is 32.2. The van der Waals surface area contributed by atoms with E-state index in [1.54, 1.807) is 12.1 Å². The fourth-order valence-electron chi connectivity index (χ4n) is 3.87. The van der Waals surface area contributed by atoms with E-state index in [0.29, 0.717) is 11.7 Å². The number of carbonyl (C=O) groups excluding carboxylic acids is 1. The maximum absolute atomic E-state index is 12.7. The van der Waals surface area contributed by atoms with Crippen molar-refractivity contribution < 1.29 is 13.2 Å². The molecule has 33 heavy (non-hydrogen) atoms. The average Bonchev–Trinajstić information content (AvgIpc) is 3.53. The fraction of sp³-hybridized carbons (Fsp3) is 0.591. The van der Waals surface area contributed by atoms with Gasteiger partial charge in [-0.05, 0) is 56.2 Å². The highest BCUT2D eigenvalue weighted by Crippen LogP contribution is 2.41. The Morgan fingerprint density at radius 1 is 1.18 bits per heavy atom. The minimum absolute atomic E-state index is 0.148. The Morgan fingerprint density at radius 2 is 1.88 bits per heavy atom. The zero-order valence-corrected chi connectivity index (χ0v) is 21.2. The van der Waals surface area contributed by atoms with Crippen LogP contribution in [0.15, 0.2) is 28.3 Å². The first-order valence-corrected chi connectivity index (χ1v) is 13.7. The van der Waals surface area contributed by atoms with Crippen LogP contribution in [0.3, 0.4) is 0 Å². The molecular weight excluding hydrogens is 460 g/mol. The summed E-state index contributed by atoms with van der Waals surface area (Å²) < 4.78 is 28.2. The van der Waals surface area contributed by atoms with Gasteiger partial charge in [0.05, 0.1) is 10.6 Å². The van der Waals surface area contributed by atoms with Crippen molar-refractivity contribution in [3.8, 4) is 0 Å². The normalized spacial score (nSPS) is 17.5. The predicted octanol–water partition coefficient (Wildman–Crippen LogP) is 3.14. The van der Waals surface area contributed by atoms with Crippen molar-refractivity contribution in [3.05, 3.63) is 23.8 Å². The molecule has 2 aliphatic rings. The van der Waals surface area contributed by atoms with Gasteiger partial charge in [-0.1, -0.05) is 24.8 Å². The van der Waals surface area contributed by atoms with Crippen molar-refractivity contribution in [2.45, 2.75) is 55.6 Å². The lowest BCUT2D eigenvalue weighted by Gasteiger charge is -2.31. The number of carbonyl (C=O) groups is 1. The molecular formula is C22H32N6O3S2. The largest absolute Gasteiger partial charge is 0.341 e. The molecule has 1 aliphatic carbocycles. The zero-order chi connectivity index (χ0) is 23.8. The Morgan fingerprint density at radius 3 is 2.52 bits per heavy atom. The second-order valence-corrected chi connectivity index (χ2v) is 12.2. The summed E-state index contributed by atoms with van der Waals surface area (Å²) in [5, 5.41) is 12.5. The van der Waals surface area contributed by atoms with E-state index in [-0.39, 0.29) is 16.6 Å². The number of nitrogens with one attached hydrogen (secondary N) is 1. The monoisotopic (exact) mass is 492 g/mol. The molecule has 2 fully saturated rings. The lowest BCUT2D eigenvalue weighted by Crippen LogP contribution is -2.34. The number of amides is 1. The number of sulfonamides is 1. The number of aryl methyl sites for hydroxylation is 1. The number of aromatic nitrogens is 3. The van der Waals surface area contributed by atoms with Crippen molar-refractivity contribution in [1.29, 1.82) is 0 Å². The molecule has 1 aromatic carbocycles. The Labute approximate surface area is 200 Å². The van der Waals surface area contributed by atoms with Crippen LogP contribution in [0.4, 0.5) is 11.6 Å². The summed E-state index contributed by atoms with van der Waals surface area (Å²) >= 11 is 1.37. The van der Waals surface area contributed by atoms with Gasteiger partial charge in [0.1, 0.15) is 0 Å². The third-order valence-corrected chi connectivity index (χ3v) is 8.97. The second kappa shape index (κ2) is 9.63. The van der Waals surface area contributed by atoms with Gasteiger partial charge in [-0.25, -0.2) is 12.7 Å². The topological polar surface area (TPSA) is 100 Å². The van der Waals surface area contributed by atoms with Crippen molar-refractivity contribution >= 4 is 39.3 Å². The Bertz CT molecular complexity index is 1120. The van der Waals surface area contributed by atoms with Crippen molar-refractivity contribution in [2.24, 2.45) is 5.92 Å². The molecule has 0 bridgehead atoms. The minimum atomic E-state index is -3.58. The van der Waals surface area contributed by atoms with Crippen LogP contribution >= 0.6 is 11.8 Å². The molecule has 1 saturated carbocycles. The van der Waals surface area contributed by atoms with Crippen LogP contribution in [0, 0.1) is 12.8 Å². The number of nitrogens with zero attached hydrogens (tertiary/aromatic N) is 5. The Balaban J connectivity index is 1.44. The van der Waals surface area contributed by atoms with Crippen LogP contribution in [0.2, 0.25) is 0 Å². The first-order chi connectivity index (χ1) is 15.7. The molecule has 0 atom stereocenters. The number of hydrogen-bond donors (Lipinski definition) is 1. The van der Waals surface area contributed by atoms with Gasteiger partial charge in [0, 0.05) is 38.9 Å². The Kier molecular flexibility index (Phi) is 7.01. The standard InChI is InChI=1S/C22H32N6O3S2/c1-15-9-11-27(12-10-15)21-24-25-22(28(21)17-6-7-17)32-14-20(29)23-19-13-18(8-5-16(19)2)33(30,31)26(3)4/h5,8,13,15,17H,6-7,9-12,14H2,1-4H3,(H,23,29). The summed E-state index contributed by atoms with van der Waals surface area (Å²) in [7, 11) is -0.606. The van der Waals surface area contributed by atoms with E-state index < -0.39 is 10.0 Å². The van der Waals surface area contributed by atoms with Crippen LogP contribution < -0.4 is 10.2 Å². The van der Waals surface area contributed by atoms with Crippen molar-refractivity contribution in [1.82, 2.24) is 19.1 Å². The number of piperidine rings is 1. The van der Waals surface area contributed by atoms with Crippen molar-refractivity contribution in [3.63, 3.8) is 0 Å². The van der Waals surface area contributed by atoms with E-state index in [1.807, 2.05) is 6.92 Å². The zero-order valence-electron chi connectivity index (χ0n) is 19.6. The molecule has 1 aromatic heterocycles. The summed E-state index contributed by atoms with van der Waals surface area (Å²) in [6.07, 6.45) is 4.54. The molecule has 2 aromatic rings. The molecule has 0 spiro atoms. The number of hydrogen-bond acceptors (Lipinski definition) is 7. The highest BCUT2D eigenvalue weighted by Gasteiger charge is 2.32. The van der Waals surface area contributed by atoms with E-state index in [1.165, 1.54) is 31.9 Å². The molecule has 1 amide bonds. The molecule has 11 heteroatoms. The summed E-state index contributed by atoms with van der Waals surface area (Å²) in [6, 6.07) is 5.18. The fourth-order valence-corrected chi connectivity index (χ4v) is 5.60. The van der Waals surface area contributed by atoms with Crippen LogP contribution in [-0.2, 0) is 14.8 Å². The third-order valence-electron chi connectivity index (χ3n) is 6.22. The number of thioether (sulfide) groups is 1. The van der Waals surface area contributed by atoms with Gasteiger partial charge < -0.3 is 10.2 Å². The average molecular weight is 493 g/mol. The van der Waals surface area contributed by atoms with Gasteiger partial charge in [-0.3, -0.25) is 9.36 Å². The van der Waals surface area contributed by atoms with Gasteiger partial charge in [0.2, 0.25) is 21.9 Å². The highest BCUT2D eigenvalue weighted by molar-refractivity contribution is 7.99. The van der Waals surface area contributed by atoms with Crippen LogP contribution in [0.5, 0.6) is 0 Å². The van der Waals surface area contributed by atoms with Gasteiger partial charge in [-0.15, -0.1) is 10.2 Å². The molecule has 9 nitrogen and oxygen atoms in total. The second-order valence-electron chi connectivity index (χ2n) is 9.15. The summed E-state index contributed by atoms with van der Waals surface area (Å²) in [6.45, 7) is 6.10. The molecule has 0 radical (unpaired) electrons. The van der Waals surface area contributed by atoms with Gasteiger partial charge >= 0.3 is 0 Å². The number of anilines is 2. The van der Waals surface area contributed by atoms with Gasteiger partial charge in [0.25, 0.3) is 0 Å². The number of rotatable bonds is 8. The van der Waals surface area contributed by atoms with Crippen LogP contribution in [0.1, 0.15) is 44.2 Å². The first kappa shape index (κ1) is 24.0. The molecule has 0 unspecified atom stereocenters. The molecule has 1 aliphatic heterocycles. The van der Waals surface area contributed by atoms with E-state index in [0.717, 1.165) is 65.7 Å². The van der Waals surface area contributed by atoms with Crippen LogP contribution in [-0.4, -0.2) is 66.3 Å². The van der Waals surface area contributed by atoms with Gasteiger partial charge in [-0.2, -0.15) is 0 Å². The van der Waals surface area contributed by atoms with E-state index in [9.17, 15) is 13.2 Å². The maximum atomic E-state index is 12.7. The smallest absolute Gasteiger partial charge is 0.242 e. The molecule has 2 heterocycles. The van der Waals surface area contributed by atoms with Gasteiger partial charge in [0.15, 0.2) is 5.16 Å². The SMILES string of the molecule is Cc1ccc(S(=O)(=O)N(C)C)cc1NC(=O)CSc1nnc(N2CCC(C)CC2)n1C1CC1. The van der Waals surface area contributed by atoms with E-state index in [4.69, 9.17) is 0 Å². The van der Waals surface area contributed by atoms with E-state index in [2.05, 4.69) is 31.9 Å². The quantitative estimate of drug-likeness (QED) is 0.565. The third kappa shape index (κ3) is 5.36. The van der Waals surface area contributed by atoms with E-state index >= 15 is 0 Å². The molecule has 1 N–H and O–H groups in total. The molecule has 180 valence electrons. The van der Waals surface area contributed by atoms with Crippen molar-refractivity contribution in [2.75, 3.05) is 43.2 Å². The molecule has 4 rings (SSSR count). The Hall–Kier alpha value is -2.11. The maximum Gasteiger partial charge on any atom is 0.242 e. The summed E-state index contributed by atoms with van der Waals surface area (Å²) in [5.74, 6) is 1.63. The number of benzene rings is 1. The molecule has 1 saturated heterocycles. The summed E-state index contributed by atoms with van der Waals surface area (Å²) in [5.41, 5.74) is 1.30. The lowest BCUT2D eigenvalue weighted by atomic mass is 10.00. The first-order valence-electron chi connectivity index (χ1n) is 11.3. The van der Waals surface area contributed by atoms with Crippen LogP contribution in [0.25, 0.3) is 0 Å². The lowest BCUT2D eigenvalue weighted by molar-refractivity contribution is -0.113.